The van der Waals surface area contributed by atoms with Gasteiger partial charge in [0.05, 0.1) is 11.6 Å². The molecule has 1 aromatic heterocycles. The molecule has 2 N–H and O–H groups in total. The van der Waals surface area contributed by atoms with Crippen LogP contribution in [0.5, 0.6) is 0 Å². The van der Waals surface area contributed by atoms with Gasteiger partial charge < -0.3 is 15.2 Å². The van der Waals surface area contributed by atoms with Crippen molar-refractivity contribution in [3.63, 3.8) is 0 Å². The van der Waals surface area contributed by atoms with Gasteiger partial charge in [-0.05, 0) is 49.4 Å². The molecule has 1 amide bonds. The van der Waals surface area contributed by atoms with E-state index in [2.05, 4.69) is 21.4 Å². The second-order valence-corrected chi connectivity index (χ2v) is 8.25. The number of likely N-dealkylation sites (tertiary alicyclic amines) is 1. The normalized spacial score (nSPS) is 13.7. The number of amides is 1. The number of hydrogen-bond acceptors (Lipinski definition) is 4. The third-order valence-corrected chi connectivity index (χ3v) is 6.01. The average molecular weight is 434 g/mol. The Morgan fingerprint density at radius 1 is 1.29 bits per heavy atom. The molecule has 0 unspecified atom stereocenters. The van der Waals surface area contributed by atoms with E-state index in [4.69, 9.17) is 16.9 Å². The lowest BCUT2D eigenvalue weighted by Gasteiger charge is -2.39. The van der Waals surface area contributed by atoms with Gasteiger partial charge >= 0.3 is 0 Å². The zero-order valence-electron chi connectivity index (χ0n) is 17.6. The van der Waals surface area contributed by atoms with Crippen LogP contribution < -0.4 is 5.32 Å². The van der Waals surface area contributed by atoms with E-state index < -0.39 is 0 Å². The molecule has 6 nitrogen and oxygen atoms in total. The number of aryl methyl sites for hydroxylation is 1. The largest absolute Gasteiger partial charge is 0.337 e. The molecule has 0 atom stereocenters. The Morgan fingerprint density at radius 3 is 2.71 bits per heavy atom. The molecular formula is C24H24ClN5O. The number of aromatic amines is 1. The molecule has 1 aliphatic rings. The first-order valence-electron chi connectivity index (χ1n) is 10.3. The predicted octanol–water partition coefficient (Wildman–Crippen LogP) is 3.91. The van der Waals surface area contributed by atoms with Crippen LogP contribution in [0, 0.1) is 18.3 Å². The maximum Gasteiger partial charge on any atom is 0.253 e. The van der Waals surface area contributed by atoms with E-state index in [1.165, 1.54) is 0 Å². The Labute approximate surface area is 186 Å². The van der Waals surface area contributed by atoms with Crippen LogP contribution in [0.15, 0.2) is 42.5 Å². The summed E-state index contributed by atoms with van der Waals surface area (Å²) in [5, 5.41) is 12.5. The highest BCUT2D eigenvalue weighted by Gasteiger charge is 2.32. The number of halogens is 1. The van der Waals surface area contributed by atoms with Gasteiger partial charge in [0.1, 0.15) is 16.7 Å². The van der Waals surface area contributed by atoms with Gasteiger partial charge in [-0.25, -0.2) is 4.98 Å². The maximum absolute atomic E-state index is 13.0. The summed E-state index contributed by atoms with van der Waals surface area (Å²) in [6.07, 6.45) is 0.748. The molecule has 1 aliphatic heterocycles. The summed E-state index contributed by atoms with van der Waals surface area (Å²) < 4.78 is 0. The van der Waals surface area contributed by atoms with Crippen LogP contribution in [-0.4, -0.2) is 47.5 Å². The van der Waals surface area contributed by atoms with E-state index in [0.29, 0.717) is 41.0 Å². The number of rotatable bonds is 6. The Morgan fingerprint density at radius 2 is 2.03 bits per heavy atom. The number of nitriles is 1. The van der Waals surface area contributed by atoms with Crippen molar-refractivity contribution in [2.45, 2.75) is 19.3 Å². The van der Waals surface area contributed by atoms with Crippen LogP contribution >= 0.6 is 11.6 Å². The SMILES string of the molecule is CNCCc1nc(-c2cc(C(=O)N3CC(c4ccc(C#N)cc4)C3)ccc2C)c(Cl)[nH]1. The van der Waals surface area contributed by atoms with Crippen molar-refractivity contribution in [2.24, 2.45) is 0 Å². The zero-order chi connectivity index (χ0) is 22.0. The van der Waals surface area contributed by atoms with Crippen LogP contribution in [-0.2, 0) is 6.42 Å². The Hall–Kier alpha value is -3.14. The van der Waals surface area contributed by atoms with Gasteiger partial charge in [0.2, 0.25) is 0 Å². The molecular weight excluding hydrogens is 410 g/mol. The van der Waals surface area contributed by atoms with Crippen molar-refractivity contribution >= 4 is 17.5 Å². The van der Waals surface area contributed by atoms with Gasteiger partial charge in [0.15, 0.2) is 0 Å². The molecule has 0 radical (unpaired) electrons. The molecule has 4 rings (SSSR count). The van der Waals surface area contributed by atoms with Gasteiger partial charge in [0.25, 0.3) is 5.91 Å². The topological polar surface area (TPSA) is 84.8 Å². The van der Waals surface area contributed by atoms with Gasteiger partial charge in [-0.15, -0.1) is 0 Å². The number of hydrogen-bond donors (Lipinski definition) is 2. The molecule has 31 heavy (non-hydrogen) atoms. The van der Waals surface area contributed by atoms with Crippen LogP contribution in [0.25, 0.3) is 11.3 Å². The maximum atomic E-state index is 13.0. The fraction of sp³-hybridized carbons (Fsp3) is 0.292. The van der Waals surface area contributed by atoms with E-state index in [0.717, 1.165) is 35.5 Å². The molecule has 158 valence electrons. The van der Waals surface area contributed by atoms with Gasteiger partial charge in [-0.3, -0.25) is 4.79 Å². The first-order valence-corrected chi connectivity index (χ1v) is 10.7. The summed E-state index contributed by atoms with van der Waals surface area (Å²) in [6, 6.07) is 15.4. The van der Waals surface area contributed by atoms with Gasteiger partial charge in [-0.2, -0.15) is 5.26 Å². The molecule has 3 aromatic rings. The van der Waals surface area contributed by atoms with Crippen molar-refractivity contribution in [1.29, 1.82) is 5.26 Å². The third kappa shape index (κ3) is 4.34. The molecule has 2 aromatic carbocycles. The second-order valence-electron chi connectivity index (χ2n) is 7.87. The minimum absolute atomic E-state index is 0.00760. The number of nitrogens with one attached hydrogen (secondary N) is 2. The van der Waals surface area contributed by atoms with Crippen LogP contribution in [0.3, 0.4) is 0 Å². The first-order chi connectivity index (χ1) is 15.0. The predicted molar refractivity (Wildman–Crippen MR) is 121 cm³/mol. The number of benzene rings is 2. The van der Waals surface area contributed by atoms with Gasteiger partial charge in [-0.1, -0.05) is 29.8 Å². The molecule has 0 spiro atoms. The Balaban J connectivity index is 1.49. The van der Waals surface area contributed by atoms with E-state index >= 15 is 0 Å². The Bertz CT molecular complexity index is 1140. The van der Waals surface area contributed by atoms with Crippen molar-refractivity contribution < 1.29 is 4.79 Å². The lowest BCUT2D eigenvalue weighted by molar-refractivity contribution is 0.0602. The molecule has 0 bridgehead atoms. The number of carbonyl (C=O) groups excluding carboxylic acids is 1. The number of carbonyl (C=O) groups is 1. The highest BCUT2D eigenvalue weighted by molar-refractivity contribution is 6.32. The zero-order valence-corrected chi connectivity index (χ0v) is 18.3. The lowest BCUT2D eigenvalue weighted by Crippen LogP contribution is -2.48. The summed E-state index contributed by atoms with van der Waals surface area (Å²) in [7, 11) is 1.90. The van der Waals surface area contributed by atoms with Crippen LogP contribution in [0.1, 0.15) is 38.8 Å². The number of aromatic nitrogens is 2. The average Bonchev–Trinajstić information content (AvgIpc) is 3.12. The summed E-state index contributed by atoms with van der Waals surface area (Å²) in [6.45, 7) is 4.14. The highest BCUT2D eigenvalue weighted by Crippen LogP contribution is 2.32. The van der Waals surface area contributed by atoms with Crippen molar-refractivity contribution in [3.05, 3.63) is 75.7 Å². The fourth-order valence-corrected chi connectivity index (χ4v) is 4.07. The monoisotopic (exact) mass is 433 g/mol. The van der Waals surface area contributed by atoms with Crippen molar-refractivity contribution in [3.8, 4) is 17.3 Å². The highest BCUT2D eigenvalue weighted by atomic mass is 35.5. The number of imidazole rings is 1. The fourth-order valence-electron chi connectivity index (χ4n) is 3.82. The van der Waals surface area contributed by atoms with Crippen molar-refractivity contribution in [1.82, 2.24) is 20.2 Å². The molecule has 1 saturated heterocycles. The van der Waals surface area contributed by atoms with Crippen molar-refractivity contribution in [2.75, 3.05) is 26.7 Å². The Kier molecular flexibility index (Phi) is 6.08. The lowest BCUT2D eigenvalue weighted by atomic mass is 9.90. The third-order valence-electron chi connectivity index (χ3n) is 5.74. The molecule has 0 saturated carbocycles. The summed E-state index contributed by atoms with van der Waals surface area (Å²) >= 11 is 6.42. The summed E-state index contributed by atoms with van der Waals surface area (Å²) in [5.74, 6) is 1.13. The minimum Gasteiger partial charge on any atom is -0.337 e. The standard InChI is InChI=1S/C24H24ClN5O/c1-15-3-6-18(11-20(15)22-23(25)29-21(28-22)9-10-27-2)24(31)30-13-19(14-30)17-7-4-16(12-26)5-8-17/h3-8,11,19,27H,9-10,13-14H2,1-2H3,(H,28,29). The van der Waals surface area contributed by atoms with E-state index in [-0.39, 0.29) is 5.91 Å². The second kappa shape index (κ2) is 8.93. The van der Waals surface area contributed by atoms with Crippen LogP contribution in [0.4, 0.5) is 0 Å². The minimum atomic E-state index is 0.00760. The first kappa shape index (κ1) is 21.1. The summed E-state index contributed by atoms with van der Waals surface area (Å²) in [5.41, 5.74) is 5.00. The molecule has 7 heteroatoms. The number of H-pyrrole nitrogens is 1. The molecule has 2 heterocycles. The number of likely N-dealkylation sites (N-methyl/N-ethyl adjacent to an activating group) is 1. The summed E-state index contributed by atoms with van der Waals surface area (Å²) in [4.78, 5) is 22.7. The van der Waals surface area contributed by atoms with E-state index in [1.807, 2.05) is 61.3 Å². The van der Waals surface area contributed by atoms with E-state index in [1.54, 1.807) is 0 Å². The molecule has 0 aliphatic carbocycles. The number of nitrogens with zero attached hydrogens (tertiary/aromatic N) is 3. The van der Waals surface area contributed by atoms with E-state index in [9.17, 15) is 4.79 Å². The quantitative estimate of drug-likeness (QED) is 0.617. The molecule has 1 fully saturated rings. The smallest absolute Gasteiger partial charge is 0.253 e. The van der Waals surface area contributed by atoms with Gasteiger partial charge in [0, 0.05) is 43.1 Å². The van der Waals surface area contributed by atoms with Crippen LogP contribution in [0.2, 0.25) is 5.15 Å².